The molecule has 1 saturated heterocycles. The Morgan fingerprint density at radius 1 is 1.45 bits per heavy atom. The van der Waals surface area contributed by atoms with Crippen LogP contribution in [0.3, 0.4) is 0 Å². The Balaban J connectivity index is 2.29. The number of rotatable bonds is 5. The molecule has 7 nitrogen and oxygen atoms in total. The van der Waals surface area contributed by atoms with Crippen LogP contribution in [0.4, 0.5) is 17.1 Å². The predicted molar refractivity (Wildman–Crippen MR) is 76.9 cm³/mol. The number of likely N-dealkylation sites (tertiary alicyclic amines) is 1. The fourth-order valence-electron chi connectivity index (χ4n) is 2.33. The van der Waals surface area contributed by atoms with Gasteiger partial charge >= 0.3 is 5.69 Å². The first-order valence-electron chi connectivity index (χ1n) is 6.57. The van der Waals surface area contributed by atoms with Gasteiger partial charge in [0.25, 0.3) is 0 Å². The number of nitrogens with one attached hydrogen (secondary N) is 2. The van der Waals surface area contributed by atoms with Crippen LogP contribution in [0, 0.1) is 10.1 Å². The third-order valence-corrected chi connectivity index (χ3v) is 3.34. The summed E-state index contributed by atoms with van der Waals surface area (Å²) in [6.45, 7) is 3.13. The summed E-state index contributed by atoms with van der Waals surface area (Å²) >= 11 is 0. The molecule has 1 aromatic rings. The molecule has 0 aromatic heterocycles. The lowest BCUT2D eigenvalue weighted by Gasteiger charge is -2.15. The van der Waals surface area contributed by atoms with Crippen LogP contribution in [-0.2, 0) is 4.79 Å². The molecule has 7 heteroatoms. The number of hydrogen-bond acceptors (Lipinski definition) is 5. The van der Waals surface area contributed by atoms with Crippen LogP contribution in [0.1, 0.15) is 13.3 Å². The standard InChI is InChI=1S/C13H18N4O3/c1-3-14-9-5-4-6-10(12(9)17(19)20)15-11-7-8-16(2)13(11)18/h4-6,11,14-15H,3,7-8H2,1-2H3. The molecule has 0 radical (unpaired) electrons. The maximum absolute atomic E-state index is 11.9. The minimum absolute atomic E-state index is 0.0169. The Morgan fingerprint density at radius 2 is 2.15 bits per heavy atom. The molecular formula is C13H18N4O3. The Bertz CT molecular complexity index is 532. The van der Waals surface area contributed by atoms with E-state index in [2.05, 4.69) is 10.6 Å². The van der Waals surface area contributed by atoms with E-state index < -0.39 is 11.0 Å². The van der Waals surface area contributed by atoms with Crippen LogP contribution >= 0.6 is 0 Å². The summed E-state index contributed by atoms with van der Waals surface area (Å²) in [4.78, 5) is 24.3. The number of anilines is 2. The van der Waals surface area contributed by atoms with Crippen molar-refractivity contribution in [2.24, 2.45) is 0 Å². The van der Waals surface area contributed by atoms with Crippen LogP contribution < -0.4 is 10.6 Å². The first-order chi connectivity index (χ1) is 9.54. The van der Waals surface area contributed by atoms with E-state index in [0.29, 0.717) is 30.9 Å². The number of hydrogen-bond donors (Lipinski definition) is 2. The van der Waals surface area contributed by atoms with Crippen LogP contribution in [-0.4, -0.2) is 41.9 Å². The van der Waals surface area contributed by atoms with Gasteiger partial charge in [0.15, 0.2) is 0 Å². The van der Waals surface area contributed by atoms with E-state index in [9.17, 15) is 14.9 Å². The van der Waals surface area contributed by atoms with Crippen molar-refractivity contribution in [2.75, 3.05) is 30.8 Å². The lowest BCUT2D eigenvalue weighted by atomic mass is 10.2. The minimum Gasteiger partial charge on any atom is -0.380 e. The Kier molecular flexibility index (Phi) is 4.07. The first kappa shape index (κ1) is 14.1. The maximum Gasteiger partial charge on any atom is 0.315 e. The molecule has 0 aliphatic carbocycles. The Hall–Kier alpha value is -2.31. The third-order valence-electron chi connectivity index (χ3n) is 3.34. The van der Waals surface area contributed by atoms with E-state index in [4.69, 9.17) is 0 Å². The minimum atomic E-state index is -0.427. The zero-order valence-electron chi connectivity index (χ0n) is 11.5. The number of nitro groups is 1. The molecule has 1 fully saturated rings. The number of para-hydroxylation sites is 1. The summed E-state index contributed by atoms with van der Waals surface area (Å²) in [7, 11) is 1.73. The maximum atomic E-state index is 11.9. The number of carbonyl (C=O) groups excluding carboxylic acids is 1. The van der Waals surface area contributed by atoms with Crippen LogP contribution in [0.25, 0.3) is 0 Å². The highest BCUT2D eigenvalue weighted by Crippen LogP contribution is 2.33. The van der Waals surface area contributed by atoms with Gasteiger partial charge in [0.1, 0.15) is 17.4 Å². The van der Waals surface area contributed by atoms with Gasteiger partial charge in [0.2, 0.25) is 5.91 Å². The van der Waals surface area contributed by atoms with Crippen molar-refractivity contribution in [2.45, 2.75) is 19.4 Å². The Morgan fingerprint density at radius 3 is 2.70 bits per heavy atom. The monoisotopic (exact) mass is 278 g/mol. The number of benzene rings is 1. The number of amides is 1. The van der Waals surface area contributed by atoms with Gasteiger partial charge in [-0.05, 0) is 25.5 Å². The second-order valence-corrected chi connectivity index (χ2v) is 4.73. The molecule has 1 aliphatic rings. The molecular weight excluding hydrogens is 260 g/mol. The van der Waals surface area contributed by atoms with Crippen molar-refractivity contribution in [3.8, 4) is 0 Å². The molecule has 1 atom stereocenters. The average Bonchev–Trinajstić information content (AvgIpc) is 2.71. The number of nitro benzene ring substituents is 1. The summed E-state index contributed by atoms with van der Waals surface area (Å²) in [5, 5.41) is 17.2. The summed E-state index contributed by atoms with van der Waals surface area (Å²) in [5.41, 5.74) is 0.820. The van der Waals surface area contributed by atoms with E-state index in [1.807, 2.05) is 6.92 Å². The molecule has 2 N–H and O–H groups in total. The SMILES string of the molecule is CCNc1cccc(NC2CCN(C)C2=O)c1[N+](=O)[O-]. The number of likely N-dealkylation sites (N-methyl/N-ethyl adjacent to an activating group) is 1. The second-order valence-electron chi connectivity index (χ2n) is 4.73. The second kappa shape index (κ2) is 5.77. The zero-order chi connectivity index (χ0) is 14.7. The van der Waals surface area contributed by atoms with Gasteiger partial charge in [-0.25, -0.2) is 0 Å². The highest BCUT2D eigenvalue weighted by atomic mass is 16.6. The molecule has 0 spiro atoms. The summed E-state index contributed by atoms with van der Waals surface area (Å²) in [6.07, 6.45) is 0.651. The Labute approximate surface area is 117 Å². The van der Waals surface area contributed by atoms with Gasteiger partial charge in [0, 0.05) is 20.1 Å². The topological polar surface area (TPSA) is 87.5 Å². The molecule has 0 saturated carbocycles. The molecule has 1 aromatic carbocycles. The highest BCUT2D eigenvalue weighted by molar-refractivity contribution is 5.88. The number of nitrogens with zero attached hydrogens (tertiary/aromatic N) is 2. The molecule has 1 unspecified atom stereocenters. The van der Waals surface area contributed by atoms with Crippen molar-refractivity contribution in [1.29, 1.82) is 0 Å². The zero-order valence-corrected chi connectivity index (χ0v) is 11.5. The molecule has 108 valence electrons. The van der Waals surface area contributed by atoms with E-state index in [1.54, 1.807) is 30.1 Å². The van der Waals surface area contributed by atoms with E-state index >= 15 is 0 Å². The van der Waals surface area contributed by atoms with Crippen molar-refractivity contribution in [3.05, 3.63) is 28.3 Å². The van der Waals surface area contributed by atoms with Crippen LogP contribution in [0.15, 0.2) is 18.2 Å². The van der Waals surface area contributed by atoms with E-state index in [0.717, 1.165) is 0 Å². The van der Waals surface area contributed by atoms with E-state index in [1.165, 1.54) is 0 Å². The van der Waals surface area contributed by atoms with Crippen LogP contribution in [0.5, 0.6) is 0 Å². The van der Waals surface area contributed by atoms with Crippen molar-refractivity contribution < 1.29 is 9.72 Å². The highest BCUT2D eigenvalue weighted by Gasteiger charge is 2.31. The van der Waals surface area contributed by atoms with Crippen molar-refractivity contribution in [1.82, 2.24) is 4.90 Å². The molecule has 1 heterocycles. The predicted octanol–water partition coefficient (Wildman–Crippen LogP) is 1.67. The third kappa shape index (κ3) is 2.66. The average molecular weight is 278 g/mol. The fourth-order valence-corrected chi connectivity index (χ4v) is 2.33. The smallest absolute Gasteiger partial charge is 0.315 e. The van der Waals surface area contributed by atoms with Crippen LogP contribution in [0.2, 0.25) is 0 Å². The van der Waals surface area contributed by atoms with Gasteiger partial charge < -0.3 is 15.5 Å². The molecule has 1 aliphatic heterocycles. The lowest BCUT2D eigenvalue weighted by Crippen LogP contribution is -2.31. The van der Waals surface area contributed by atoms with Gasteiger partial charge in [-0.1, -0.05) is 6.07 Å². The summed E-state index contributed by atoms with van der Waals surface area (Å²) in [6, 6.07) is 4.63. The van der Waals surface area contributed by atoms with Crippen molar-refractivity contribution in [3.63, 3.8) is 0 Å². The molecule has 20 heavy (non-hydrogen) atoms. The first-order valence-corrected chi connectivity index (χ1v) is 6.57. The largest absolute Gasteiger partial charge is 0.380 e. The number of carbonyl (C=O) groups is 1. The van der Waals surface area contributed by atoms with Crippen molar-refractivity contribution >= 4 is 23.0 Å². The molecule has 2 rings (SSSR count). The van der Waals surface area contributed by atoms with Gasteiger partial charge in [-0.2, -0.15) is 0 Å². The normalized spacial score (nSPS) is 18.2. The van der Waals surface area contributed by atoms with Gasteiger partial charge in [-0.3, -0.25) is 14.9 Å². The summed E-state index contributed by atoms with van der Waals surface area (Å²) in [5.74, 6) is -0.0341. The molecule has 1 amide bonds. The fraction of sp³-hybridized carbons (Fsp3) is 0.462. The van der Waals surface area contributed by atoms with Gasteiger partial charge in [0.05, 0.1) is 4.92 Å². The quantitative estimate of drug-likeness (QED) is 0.632. The van der Waals surface area contributed by atoms with E-state index in [-0.39, 0.29) is 11.6 Å². The van der Waals surface area contributed by atoms with Gasteiger partial charge in [-0.15, -0.1) is 0 Å². The molecule has 0 bridgehead atoms. The lowest BCUT2D eigenvalue weighted by molar-refractivity contribution is -0.383. The summed E-state index contributed by atoms with van der Waals surface area (Å²) < 4.78 is 0.